The van der Waals surface area contributed by atoms with E-state index in [4.69, 9.17) is 9.90 Å². The van der Waals surface area contributed by atoms with Crippen LogP contribution in [0.4, 0.5) is 0 Å². The van der Waals surface area contributed by atoms with Gasteiger partial charge in [0.2, 0.25) is 0 Å². The molecule has 1 aromatic heterocycles. The maximum Gasteiger partial charge on any atom is 0.290 e. The van der Waals surface area contributed by atoms with Gasteiger partial charge in [-0.15, -0.1) is 0 Å². The van der Waals surface area contributed by atoms with Crippen LogP contribution in [0.15, 0.2) is 24.4 Å². The molecule has 23 heavy (non-hydrogen) atoms. The highest BCUT2D eigenvalue weighted by Gasteiger charge is 2.06. The highest BCUT2D eigenvalue weighted by Crippen LogP contribution is 2.20. The molecule has 0 aliphatic rings. The van der Waals surface area contributed by atoms with Gasteiger partial charge in [0, 0.05) is 22.7 Å². The monoisotopic (exact) mass is 322 g/mol. The molecule has 0 spiro atoms. The molecule has 1 heterocycles. The number of carbonyl (C=O) groups is 2. The van der Waals surface area contributed by atoms with E-state index in [1.54, 1.807) is 6.92 Å². The lowest BCUT2D eigenvalue weighted by Gasteiger charge is -2.00. The normalized spacial score (nSPS) is 8.61. The van der Waals surface area contributed by atoms with Crippen LogP contribution in [0.5, 0.6) is 0 Å². The van der Waals surface area contributed by atoms with Crippen molar-refractivity contribution >= 4 is 23.2 Å². The van der Waals surface area contributed by atoms with E-state index in [0.29, 0.717) is 0 Å². The number of carbonyl (C=O) groups excluding carboxylic acids is 1. The standard InChI is InChI=1S/C13H16N2O.2C2H6.CH2O2/c1-9(16)10-3-4-13-12(7-10)11(8-15-13)5-6-14-2;2*1-2;2-1-3/h3-4,7-8,14-15H,5-6H2,1-2H3;2*1-2H3;1H,(H,2,3). The number of nitrogens with one attached hydrogen (secondary N) is 2. The number of Topliss-reactive ketones (excluding diaryl/α,β-unsaturated/α-hetero) is 1. The van der Waals surface area contributed by atoms with Crippen LogP contribution in [0.3, 0.4) is 0 Å². The van der Waals surface area contributed by atoms with Crippen LogP contribution in [-0.2, 0) is 11.2 Å². The zero-order valence-corrected chi connectivity index (χ0v) is 15.1. The largest absolute Gasteiger partial charge is 0.483 e. The Hall–Kier alpha value is -2.14. The lowest BCUT2D eigenvalue weighted by molar-refractivity contribution is -0.122. The highest BCUT2D eigenvalue weighted by atomic mass is 16.3. The van der Waals surface area contributed by atoms with Gasteiger partial charge < -0.3 is 15.4 Å². The van der Waals surface area contributed by atoms with Crippen LogP contribution in [-0.4, -0.2) is 35.9 Å². The number of likely N-dealkylation sites (N-methyl/N-ethyl adjacent to an activating group) is 1. The lowest BCUT2D eigenvalue weighted by atomic mass is 10.1. The van der Waals surface area contributed by atoms with E-state index in [0.717, 1.165) is 29.4 Å². The molecule has 0 aliphatic carbocycles. The molecule has 0 aliphatic heterocycles. The molecule has 0 radical (unpaired) electrons. The fraction of sp³-hybridized carbons (Fsp3) is 0.444. The van der Waals surface area contributed by atoms with Gasteiger partial charge in [-0.1, -0.05) is 27.7 Å². The van der Waals surface area contributed by atoms with E-state index in [2.05, 4.69) is 10.3 Å². The quantitative estimate of drug-likeness (QED) is 0.589. The minimum Gasteiger partial charge on any atom is -0.483 e. The number of hydrogen-bond donors (Lipinski definition) is 3. The third-order valence-electron chi connectivity index (χ3n) is 2.82. The first-order chi connectivity index (χ1) is 11.1. The maximum atomic E-state index is 11.3. The number of rotatable bonds is 4. The number of hydrogen-bond acceptors (Lipinski definition) is 3. The minimum atomic E-state index is -0.250. The van der Waals surface area contributed by atoms with Gasteiger partial charge in [0.15, 0.2) is 5.78 Å². The van der Waals surface area contributed by atoms with Gasteiger partial charge in [0.25, 0.3) is 6.47 Å². The van der Waals surface area contributed by atoms with Crippen LogP contribution in [0, 0.1) is 0 Å². The summed E-state index contributed by atoms with van der Waals surface area (Å²) in [7, 11) is 1.94. The molecule has 2 aromatic rings. The number of aromatic amines is 1. The van der Waals surface area contributed by atoms with Crippen LogP contribution in [0.2, 0.25) is 0 Å². The molecule has 2 rings (SSSR count). The Labute approximate surface area is 139 Å². The lowest BCUT2D eigenvalue weighted by Crippen LogP contribution is -2.09. The van der Waals surface area contributed by atoms with Crippen molar-refractivity contribution in [2.75, 3.05) is 13.6 Å². The van der Waals surface area contributed by atoms with Crippen molar-refractivity contribution in [1.29, 1.82) is 0 Å². The van der Waals surface area contributed by atoms with Crippen molar-refractivity contribution in [3.63, 3.8) is 0 Å². The number of ketones is 1. The van der Waals surface area contributed by atoms with Gasteiger partial charge in [0.05, 0.1) is 0 Å². The molecule has 5 heteroatoms. The second-order valence-electron chi connectivity index (χ2n) is 4.09. The summed E-state index contributed by atoms with van der Waals surface area (Å²) in [6.45, 7) is 10.3. The summed E-state index contributed by atoms with van der Waals surface area (Å²) in [5, 5.41) is 11.2. The zero-order chi connectivity index (χ0) is 18.3. The maximum absolute atomic E-state index is 11.3. The fourth-order valence-electron chi connectivity index (χ4n) is 1.86. The number of benzene rings is 1. The summed E-state index contributed by atoms with van der Waals surface area (Å²) in [5.41, 5.74) is 3.13. The molecular weight excluding hydrogens is 292 g/mol. The van der Waals surface area contributed by atoms with Gasteiger partial charge >= 0.3 is 0 Å². The molecule has 0 atom stereocenters. The second kappa shape index (κ2) is 14.8. The second-order valence-corrected chi connectivity index (χ2v) is 4.09. The van der Waals surface area contributed by atoms with E-state index in [9.17, 15) is 4.79 Å². The van der Waals surface area contributed by atoms with Crippen LogP contribution in [0.1, 0.15) is 50.5 Å². The average Bonchev–Trinajstić information content (AvgIpc) is 2.99. The summed E-state index contributed by atoms with van der Waals surface area (Å²) in [6.07, 6.45) is 2.99. The fourth-order valence-corrected chi connectivity index (χ4v) is 1.86. The Kier molecular flexibility index (Phi) is 14.9. The molecule has 130 valence electrons. The Morgan fingerprint density at radius 2 is 1.83 bits per heavy atom. The molecule has 0 bridgehead atoms. The topological polar surface area (TPSA) is 82.2 Å². The molecule has 1 aromatic carbocycles. The predicted octanol–water partition coefficient (Wildman–Crippen LogP) is 3.89. The van der Waals surface area contributed by atoms with Crippen molar-refractivity contribution in [2.45, 2.75) is 41.0 Å². The molecule has 0 fully saturated rings. The highest BCUT2D eigenvalue weighted by molar-refractivity contribution is 5.98. The number of carboxylic acid groups (broad SMARTS) is 1. The van der Waals surface area contributed by atoms with Crippen LogP contribution in [0.25, 0.3) is 10.9 Å². The third-order valence-corrected chi connectivity index (χ3v) is 2.82. The number of aromatic nitrogens is 1. The third kappa shape index (κ3) is 8.16. The summed E-state index contributed by atoms with van der Waals surface area (Å²) in [6, 6.07) is 5.80. The molecule has 3 N–H and O–H groups in total. The first-order valence-corrected chi connectivity index (χ1v) is 7.97. The van der Waals surface area contributed by atoms with Crippen molar-refractivity contribution < 1.29 is 14.7 Å². The average molecular weight is 322 g/mol. The molecular formula is C18H30N2O3. The Bertz CT molecular complexity index is 562. The van der Waals surface area contributed by atoms with Gasteiger partial charge in [-0.05, 0) is 50.7 Å². The number of fused-ring (bicyclic) bond motifs is 1. The molecule has 0 amide bonds. The summed E-state index contributed by atoms with van der Waals surface area (Å²) in [4.78, 5) is 22.9. The van der Waals surface area contributed by atoms with E-state index in [1.807, 2.05) is 59.1 Å². The van der Waals surface area contributed by atoms with Crippen LogP contribution < -0.4 is 5.32 Å². The summed E-state index contributed by atoms with van der Waals surface area (Å²) < 4.78 is 0. The first kappa shape index (κ1) is 23.1. The Morgan fingerprint density at radius 1 is 1.26 bits per heavy atom. The molecule has 5 nitrogen and oxygen atoms in total. The van der Waals surface area contributed by atoms with Gasteiger partial charge in [0.1, 0.15) is 0 Å². The minimum absolute atomic E-state index is 0.114. The van der Waals surface area contributed by atoms with Gasteiger partial charge in [-0.2, -0.15) is 0 Å². The Morgan fingerprint density at radius 3 is 2.30 bits per heavy atom. The van der Waals surface area contributed by atoms with E-state index >= 15 is 0 Å². The van der Waals surface area contributed by atoms with Crippen LogP contribution >= 0.6 is 0 Å². The summed E-state index contributed by atoms with van der Waals surface area (Å²) in [5.74, 6) is 0.114. The van der Waals surface area contributed by atoms with Gasteiger partial charge in [-0.3, -0.25) is 9.59 Å². The van der Waals surface area contributed by atoms with Crippen molar-refractivity contribution in [3.8, 4) is 0 Å². The number of H-pyrrole nitrogens is 1. The van der Waals surface area contributed by atoms with E-state index < -0.39 is 0 Å². The molecule has 0 unspecified atom stereocenters. The Balaban J connectivity index is 0. The van der Waals surface area contributed by atoms with Crippen molar-refractivity contribution in [3.05, 3.63) is 35.5 Å². The predicted molar refractivity (Wildman–Crippen MR) is 97.3 cm³/mol. The van der Waals surface area contributed by atoms with Crippen molar-refractivity contribution in [1.82, 2.24) is 10.3 Å². The molecule has 0 saturated carbocycles. The van der Waals surface area contributed by atoms with E-state index in [-0.39, 0.29) is 12.3 Å². The zero-order valence-electron chi connectivity index (χ0n) is 15.1. The smallest absolute Gasteiger partial charge is 0.290 e. The van der Waals surface area contributed by atoms with E-state index in [1.165, 1.54) is 5.56 Å². The summed E-state index contributed by atoms with van der Waals surface area (Å²) >= 11 is 0. The first-order valence-electron chi connectivity index (χ1n) is 7.97. The van der Waals surface area contributed by atoms with Gasteiger partial charge in [-0.25, -0.2) is 0 Å². The SMILES string of the molecule is CC.CC.CNCCc1c[nH]c2ccc(C(C)=O)cc12.O=CO. The molecule has 0 saturated heterocycles. The van der Waals surface area contributed by atoms with Crippen molar-refractivity contribution in [2.24, 2.45) is 0 Å².